The summed E-state index contributed by atoms with van der Waals surface area (Å²) >= 11 is 1.21. The third-order valence-corrected chi connectivity index (χ3v) is 5.84. The fraction of sp³-hybridized carbons (Fsp3) is 0.273. The van der Waals surface area contributed by atoms with Crippen molar-refractivity contribution < 1.29 is 32.2 Å². The number of alkyl halides is 3. The van der Waals surface area contributed by atoms with Crippen molar-refractivity contribution >= 4 is 17.3 Å². The standard InChI is InChI=1S/C22H19F4NO3S/c1-12-4-3-5-14(7-9-19(28)29)20(12)30-11-18-13(2)27-21(31-18)15-6-8-16(17(23)10-15)22(24,25)26/h3-6,8,10H,7,9,11H2,1-2H3,(H,28,29). The van der Waals surface area contributed by atoms with Gasteiger partial charge >= 0.3 is 12.1 Å². The number of halogens is 4. The summed E-state index contributed by atoms with van der Waals surface area (Å²) in [4.78, 5) is 16.0. The van der Waals surface area contributed by atoms with Crippen LogP contribution in [-0.4, -0.2) is 16.1 Å². The summed E-state index contributed by atoms with van der Waals surface area (Å²) in [6.45, 7) is 3.75. The molecule has 0 bridgehead atoms. The fourth-order valence-corrected chi connectivity index (χ4v) is 4.03. The molecule has 2 aromatic carbocycles. The zero-order valence-electron chi connectivity index (χ0n) is 16.7. The summed E-state index contributed by atoms with van der Waals surface area (Å²) < 4.78 is 58.2. The predicted molar refractivity (Wildman–Crippen MR) is 109 cm³/mol. The number of hydrogen-bond acceptors (Lipinski definition) is 4. The van der Waals surface area contributed by atoms with Crippen LogP contribution in [-0.2, 0) is 24.0 Å². The second kappa shape index (κ2) is 9.05. The Morgan fingerprint density at radius 3 is 2.58 bits per heavy atom. The van der Waals surface area contributed by atoms with Crippen molar-refractivity contribution in [1.29, 1.82) is 0 Å². The molecule has 0 aliphatic heterocycles. The molecule has 0 amide bonds. The Morgan fingerprint density at radius 2 is 1.94 bits per heavy atom. The molecule has 1 N–H and O–H groups in total. The monoisotopic (exact) mass is 453 g/mol. The summed E-state index contributed by atoms with van der Waals surface area (Å²) in [5, 5.41) is 9.32. The molecule has 3 rings (SSSR count). The van der Waals surface area contributed by atoms with Gasteiger partial charge in [0.25, 0.3) is 0 Å². The summed E-state index contributed by atoms with van der Waals surface area (Å²) in [7, 11) is 0. The van der Waals surface area contributed by atoms with Gasteiger partial charge in [0.05, 0.1) is 16.1 Å². The number of thiazole rings is 1. The highest BCUT2D eigenvalue weighted by molar-refractivity contribution is 7.15. The van der Waals surface area contributed by atoms with Gasteiger partial charge in [-0.25, -0.2) is 9.37 Å². The molecule has 0 atom stereocenters. The number of aliphatic carboxylic acids is 1. The minimum absolute atomic E-state index is 0.0248. The van der Waals surface area contributed by atoms with E-state index in [0.717, 1.165) is 22.1 Å². The van der Waals surface area contributed by atoms with Crippen LogP contribution in [0.15, 0.2) is 36.4 Å². The van der Waals surface area contributed by atoms with E-state index in [0.29, 0.717) is 28.9 Å². The van der Waals surface area contributed by atoms with E-state index in [9.17, 15) is 22.4 Å². The number of hydrogen-bond donors (Lipinski definition) is 1. The van der Waals surface area contributed by atoms with E-state index in [1.54, 1.807) is 13.0 Å². The number of benzene rings is 2. The molecule has 0 fully saturated rings. The highest BCUT2D eigenvalue weighted by atomic mass is 32.1. The van der Waals surface area contributed by atoms with Crippen molar-refractivity contribution in [3.63, 3.8) is 0 Å². The lowest BCUT2D eigenvalue weighted by Crippen LogP contribution is -2.07. The molecule has 0 saturated heterocycles. The van der Waals surface area contributed by atoms with Gasteiger partial charge in [0.1, 0.15) is 23.2 Å². The molecule has 9 heteroatoms. The van der Waals surface area contributed by atoms with Crippen molar-refractivity contribution in [2.45, 2.75) is 39.5 Å². The van der Waals surface area contributed by atoms with E-state index in [4.69, 9.17) is 9.84 Å². The summed E-state index contributed by atoms with van der Waals surface area (Å²) in [5.74, 6) is -1.66. The Kier molecular flexibility index (Phi) is 6.64. The number of carbonyl (C=O) groups is 1. The first-order chi connectivity index (χ1) is 14.6. The quantitative estimate of drug-likeness (QED) is 0.434. The first-order valence-corrected chi connectivity index (χ1v) is 10.1. The number of carboxylic acids is 1. The zero-order chi connectivity index (χ0) is 22.8. The van der Waals surface area contributed by atoms with E-state index in [1.165, 1.54) is 17.4 Å². The third-order valence-electron chi connectivity index (χ3n) is 4.66. The molecule has 0 radical (unpaired) electrons. The second-order valence-corrected chi connectivity index (χ2v) is 8.05. The van der Waals surface area contributed by atoms with Gasteiger partial charge in [-0.15, -0.1) is 11.3 Å². The number of rotatable bonds is 7. The molecule has 1 heterocycles. The Balaban J connectivity index is 1.81. The van der Waals surface area contributed by atoms with Crippen LogP contribution < -0.4 is 4.74 Å². The van der Waals surface area contributed by atoms with Gasteiger partial charge in [-0.05, 0) is 43.5 Å². The minimum Gasteiger partial charge on any atom is -0.487 e. The molecule has 0 unspecified atom stereocenters. The average Bonchev–Trinajstić information content (AvgIpc) is 3.05. The molecule has 0 aliphatic carbocycles. The lowest BCUT2D eigenvalue weighted by molar-refractivity contribution is -0.140. The third kappa shape index (κ3) is 5.41. The maximum atomic E-state index is 13.9. The smallest absolute Gasteiger partial charge is 0.419 e. The Bertz CT molecular complexity index is 1110. The molecule has 31 heavy (non-hydrogen) atoms. The van der Waals surface area contributed by atoms with Crippen LogP contribution in [0.3, 0.4) is 0 Å². The van der Waals surface area contributed by atoms with E-state index in [1.807, 2.05) is 19.1 Å². The van der Waals surface area contributed by atoms with Crippen molar-refractivity contribution in [2.24, 2.45) is 0 Å². The SMILES string of the molecule is Cc1cccc(CCC(=O)O)c1OCc1sc(-c2ccc(C(F)(F)F)c(F)c2)nc1C. The molecule has 0 aliphatic rings. The lowest BCUT2D eigenvalue weighted by atomic mass is 10.1. The van der Waals surface area contributed by atoms with Gasteiger partial charge in [-0.3, -0.25) is 4.79 Å². The number of aromatic nitrogens is 1. The highest BCUT2D eigenvalue weighted by Gasteiger charge is 2.34. The van der Waals surface area contributed by atoms with E-state index in [2.05, 4.69) is 4.98 Å². The Hall–Kier alpha value is -2.94. The topological polar surface area (TPSA) is 59.4 Å². The Labute approximate surface area is 180 Å². The molecular formula is C22H19F4NO3S. The summed E-state index contributed by atoms with van der Waals surface area (Å²) in [6.07, 6.45) is -4.46. The van der Waals surface area contributed by atoms with Crippen LogP contribution in [0, 0.1) is 19.7 Å². The molecule has 0 spiro atoms. The second-order valence-electron chi connectivity index (χ2n) is 6.97. The van der Waals surface area contributed by atoms with E-state index >= 15 is 0 Å². The molecule has 4 nitrogen and oxygen atoms in total. The number of para-hydroxylation sites is 1. The van der Waals surface area contributed by atoms with Crippen LogP contribution in [0.1, 0.15) is 33.7 Å². The molecular weight excluding hydrogens is 434 g/mol. The first-order valence-electron chi connectivity index (χ1n) is 9.32. The normalized spacial score (nSPS) is 11.5. The van der Waals surface area contributed by atoms with Gasteiger partial charge in [0.2, 0.25) is 0 Å². The van der Waals surface area contributed by atoms with Gasteiger partial charge in [-0.1, -0.05) is 24.3 Å². The molecule has 3 aromatic rings. The van der Waals surface area contributed by atoms with Crippen LogP contribution in [0.2, 0.25) is 0 Å². The lowest BCUT2D eigenvalue weighted by Gasteiger charge is -2.13. The summed E-state index contributed by atoms with van der Waals surface area (Å²) in [6, 6.07) is 8.22. The van der Waals surface area contributed by atoms with Crippen molar-refractivity contribution in [1.82, 2.24) is 4.98 Å². The van der Waals surface area contributed by atoms with Crippen molar-refractivity contribution in [3.8, 4) is 16.3 Å². The van der Waals surface area contributed by atoms with Crippen LogP contribution in [0.4, 0.5) is 17.6 Å². The van der Waals surface area contributed by atoms with Crippen LogP contribution >= 0.6 is 11.3 Å². The minimum atomic E-state index is -4.76. The number of aryl methyl sites for hydroxylation is 3. The number of nitrogens with zero attached hydrogens (tertiary/aromatic N) is 1. The zero-order valence-corrected chi connectivity index (χ0v) is 17.5. The maximum Gasteiger partial charge on any atom is 0.419 e. The molecule has 164 valence electrons. The van der Waals surface area contributed by atoms with Gasteiger partial charge in [0.15, 0.2) is 0 Å². The van der Waals surface area contributed by atoms with Gasteiger partial charge in [0, 0.05) is 12.0 Å². The Morgan fingerprint density at radius 1 is 1.19 bits per heavy atom. The first kappa shape index (κ1) is 22.7. The largest absolute Gasteiger partial charge is 0.487 e. The highest BCUT2D eigenvalue weighted by Crippen LogP contribution is 2.35. The van der Waals surface area contributed by atoms with E-state index in [-0.39, 0.29) is 18.6 Å². The van der Waals surface area contributed by atoms with Gasteiger partial charge in [-0.2, -0.15) is 13.2 Å². The molecule has 0 saturated carbocycles. The number of ether oxygens (including phenoxy) is 1. The van der Waals surface area contributed by atoms with Crippen LogP contribution in [0.25, 0.3) is 10.6 Å². The predicted octanol–water partition coefficient (Wildman–Crippen LogP) is 6.18. The van der Waals surface area contributed by atoms with Gasteiger partial charge < -0.3 is 9.84 Å². The van der Waals surface area contributed by atoms with Crippen molar-refractivity contribution in [2.75, 3.05) is 0 Å². The number of carboxylic acid groups (broad SMARTS) is 1. The summed E-state index contributed by atoms with van der Waals surface area (Å²) in [5.41, 5.74) is 1.19. The maximum absolute atomic E-state index is 13.9. The fourth-order valence-electron chi connectivity index (χ4n) is 3.06. The van der Waals surface area contributed by atoms with Crippen LogP contribution in [0.5, 0.6) is 5.75 Å². The average molecular weight is 453 g/mol. The van der Waals surface area contributed by atoms with E-state index < -0.39 is 23.5 Å². The van der Waals surface area contributed by atoms with Crippen molar-refractivity contribution in [3.05, 3.63) is 69.5 Å². The molecule has 1 aromatic heterocycles.